The molecule has 14 heavy (non-hydrogen) atoms. The largest absolute Gasteiger partial charge is 0.394 e. The Morgan fingerprint density at radius 1 is 1.29 bits per heavy atom. The second-order valence-electron chi connectivity index (χ2n) is 3.09. The van der Waals surface area contributed by atoms with Crippen LogP contribution in [0.25, 0.3) is 0 Å². The van der Waals surface area contributed by atoms with E-state index in [2.05, 4.69) is 9.47 Å². The van der Waals surface area contributed by atoms with Crippen LogP contribution in [-0.2, 0) is 9.47 Å². The van der Waals surface area contributed by atoms with Crippen LogP contribution in [0.3, 0.4) is 0 Å². The molecule has 1 heterocycles. The molecule has 1 rings (SSSR count). The molecule has 0 amide bonds. The lowest BCUT2D eigenvalue weighted by Gasteiger charge is -2.44. The fourth-order valence-corrected chi connectivity index (χ4v) is 1.36. The molecule has 1 aliphatic rings. The molecule has 0 aromatic heterocycles. The van der Waals surface area contributed by atoms with Crippen LogP contribution >= 0.6 is 0 Å². The summed E-state index contributed by atoms with van der Waals surface area (Å²) in [7, 11) is 1.05. The monoisotopic (exact) mass is 210 g/mol. The van der Waals surface area contributed by atoms with E-state index in [-0.39, 0.29) is 0 Å². The summed E-state index contributed by atoms with van der Waals surface area (Å²) in [5.74, 6) is -2.34. The van der Waals surface area contributed by atoms with E-state index >= 15 is 0 Å². The third kappa shape index (κ3) is 1.63. The van der Waals surface area contributed by atoms with E-state index < -0.39 is 37.0 Å². The first-order valence-electron chi connectivity index (χ1n) is 4.05. The molecular formula is C7H14O7. The Hall–Kier alpha value is -0.280. The molecule has 1 fully saturated rings. The predicted octanol–water partition coefficient (Wildman–Crippen LogP) is -3.25. The number of methoxy groups -OCH3 is 1. The molecule has 0 aliphatic carbocycles. The van der Waals surface area contributed by atoms with Crippen LogP contribution in [0, 0.1) is 0 Å². The molecule has 1 unspecified atom stereocenters. The van der Waals surface area contributed by atoms with Gasteiger partial charge in [-0.25, -0.2) is 0 Å². The van der Waals surface area contributed by atoms with Gasteiger partial charge in [0.2, 0.25) is 5.79 Å². The fraction of sp³-hybridized carbons (Fsp3) is 1.00. The van der Waals surface area contributed by atoms with Crippen LogP contribution in [0.2, 0.25) is 0 Å². The van der Waals surface area contributed by atoms with Crippen molar-refractivity contribution < 1.29 is 35.0 Å². The zero-order valence-corrected chi connectivity index (χ0v) is 7.57. The van der Waals surface area contributed by atoms with Crippen LogP contribution in [-0.4, -0.2) is 69.6 Å². The normalized spacial score (nSPS) is 49.3. The maximum atomic E-state index is 9.62. The van der Waals surface area contributed by atoms with Crippen molar-refractivity contribution in [3.63, 3.8) is 0 Å². The van der Waals surface area contributed by atoms with Crippen molar-refractivity contribution in [2.45, 2.75) is 30.4 Å². The summed E-state index contributed by atoms with van der Waals surface area (Å²) in [6.07, 6.45) is -6.37. The summed E-state index contributed by atoms with van der Waals surface area (Å²) in [5.41, 5.74) is 0. The van der Waals surface area contributed by atoms with Crippen LogP contribution < -0.4 is 0 Å². The van der Waals surface area contributed by atoms with Gasteiger partial charge < -0.3 is 35.0 Å². The van der Waals surface area contributed by atoms with Gasteiger partial charge in [0, 0.05) is 7.11 Å². The number of ether oxygens (including phenoxy) is 2. The van der Waals surface area contributed by atoms with Gasteiger partial charge in [0.15, 0.2) is 12.4 Å². The van der Waals surface area contributed by atoms with E-state index in [4.69, 9.17) is 10.2 Å². The topological polar surface area (TPSA) is 120 Å². The van der Waals surface area contributed by atoms with Crippen LogP contribution in [0.1, 0.15) is 0 Å². The van der Waals surface area contributed by atoms with E-state index in [0.717, 1.165) is 7.11 Å². The number of aliphatic hydroxyl groups excluding tert-OH is 4. The molecular weight excluding hydrogens is 196 g/mol. The smallest absolute Gasteiger partial charge is 0.226 e. The molecule has 0 bridgehead atoms. The molecule has 1 saturated heterocycles. The molecule has 0 spiro atoms. The summed E-state index contributed by atoms with van der Waals surface area (Å²) in [5, 5.41) is 46.2. The zero-order chi connectivity index (χ0) is 10.9. The Morgan fingerprint density at radius 3 is 2.29 bits per heavy atom. The fourth-order valence-electron chi connectivity index (χ4n) is 1.36. The minimum Gasteiger partial charge on any atom is -0.394 e. The van der Waals surface area contributed by atoms with Gasteiger partial charge >= 0.3 is 0 Å². The van der Waals surface area contributed by atoms with Crippen LogP contribution in [0.15, 0.2) is 0 Å². The highest BCUT2D eigenvalue weighted by Crippen LogP contribution is 2.29. The average molecular weight is 210 g/mol. The maximum Gasteiger partial charge on any atom is 0.226 e. The first-order chi connectivity index (χ1) is 6.47. The summed E-state index contributed by atoms with van der Waals surface area (Å²) in [6.45, 7) is -0.614. The minimum atomic E-state index is -2.34. The standard InChI is InChI=1S/C7H14O7/c1-13-7(12)4(9)3(2-8)14-6(11)5(7)10/h3-6,8-12H,2H2,1H3/t3-,4-,5+,6?,7-/m1/s1. The molecule has 5 atom stereocenters. The van der Waals surface area contributed by atoms with Crippen molar-refractivity contribution in [1.82, 2.24) is 0 Å². The highest BCUT2D eigenvalue weighted by atomic mass is 16.7. The summed E-state index contributed by atoms with van der Waals surface area (Å²) >= 11 is 0. The average Bonchev–Trinajstić information content (AvgIpc) is 2.20. The molecule has 84 valence electrons. The number of hydrogen-bond acceptors (Lipinski definition) is 7. The van der Waals surface area contributed by atoms with Gasteiger partial charge in [0.1, 0.15) is 12.2 Å². The van der Waals surface area contributed by atoms with Crippen molar-refractivity contribution >= 4 is 0 Å². The van der Waals surface area contributed by atoms with Crippen LogP contribution in [0.4, 0.5) is 0 Å². The van der Waals surface area contributed by atoms with Crippen molar-refractivity contribution in [3.8, 4) is 0 Å². The first kappa shape index (κ1) is 11.8. The molecule has 0 aromatic carbocycles. The second-order valence-corrected chi connectivity index (χ2v) is 3.09. The Balaban J connectivity index is 2.89. The molecule has 7 heteroatoms. The highest BCUT2D eigenvalue weighted by Gasteiger charge is 2.55. The third-order valence-electron chi connectivity index (χ3n) is 2.29. The second kappa shape index (κ2) is 4.07. The minimum absolute atomic E-state index is 0.614. The van der Waals surface area contributed by atoms with Gasteiger partial charge in [-0.05, 0) is 0 Å². The van der Waals surface area contributed by atoms with Crippen LogP contribution in [0.5, 0.6) is 0 Å². The van der Waals surface area contributed by atoms with E-state index in [1.165, 1.54) is 0 Å². The van der Waals surface area contributed by atoms with E-state index in [9.17, 15) is 15.3 Å². The summed E-state index contributed by atoms with van der Waals surface area (Å²) in [6, 6.07) is 0. The molecule has 7 nitrogen and oxygen atoms in total. The third-order valence-corrected chi connectivity index (χ3v) is 2.29. The summed E-state index contributed by atoms with van der Waals surface area (Å²) < 4.78 is 9.13. The molecule has 0 aromatic rings. The van der Waals surface area contributed by atoms with E-state index in [0.29, 0.717) is 0 Å². The lowest BCUT2D eigenvalue weighted by Crippen LogP contribution is -2.67. The molecule has 1 aliphatic heterocycles. The summed E-state index contributed by atoms with van der Waals surface area (Å²) in [4.78, 5) is 0. The Bertz CT molecular complexity index is 198. The number of hydrogen-bond donors (Lipinski definition) is 5. The molecule has 5 N–H and O–H groups in total. The predicted molar refractivity (Wildman–Crippen MR) is 41.9 cm³/mol. The van der Waals surface area contributed by atoms with Crippen molar-refractivity contribution in [2.75, 3.05) is 13.7 Å². The molecule has 0 saturated carbocycles. The first-order valence-corrected chi connectivity index (χ1v) is 4.05. The van der Waals surface area contributed by atoms with Gasteiger partial charge in [-0.15, -0.1) is 0 Å². The van der Waals surface area contributed by atoms with Gasteiger partial charge in [0.25, 0.3) is 0 Å². The number of rotatable bonds is 2. The lowest BCUT2D eigenvalue weighted by atomic mass is 9.95. The van der Waals surface area contributed by atoms with Gasteiger partial charge in [0.05, 0.1) is 6.61 Å². The van der Waals surface area contributed by atoms with E-state index in [1.807, 2.05) is 0 Å². The van der Waals surface area contributed by atoms with Gasteiger partial charge in [-0.2, -0.15) is 0 Å². The molecule has 0 radical (unpaired) electrons. The Labute approximate surface area is 80.1 Å². The quantitative estimate of drug-likeness (QED) is 0.304. The van der Waals surface area contributed by atoms with Crippen molar-refractivity contribution in [1.29, 1.82) is 0 Å². The maximum absolute atomic E-state index is 9.62. The lowest BCUT2D eigenvalue weighted by molar-refractivity contribution is -0.387. The SMILES string of the molecule is CO[C@]1(O)[C@H](O)[C@@H](CO)OC(O)[C@@H]1O. The van der Waals surface area contributed by atoms with E-state index in [1.54, 1.807) is 0 Å². The van der Waals surface area contributed by atoms with Gasteiger partial charge in [-0.1, -0.05) is 0 Å². The van der Waals surface area contributed by atoms with Crippen molar-refractivity contribution in [3.05, 3.63) is 0 Å². The van der Waals surface area contributed by atoms with Gasteiger partial charge in [-0.3, -0.25) is 0 Å². The number of aliphatic hydroxyl groups is 5. The highest BCUT2D eigenvalue weighted by molar-refractivity contribution is 4.95. The van der Waals surface area contributed by atoms with Crippen molar-refractivity contribution in [2.24, 2.45) is 0 Å². The Morgan fingerprint density at radius 2 is 1.86 bits per heavy atom. The zero-order valence-electron chi connectivity index (χ0n) is 7.57. The Kier molecular flexibility index (Phi) is 3.43.